The molecule has 2 heterocycles. The van der Waals surface area contributed by atoms with Crippen molar-refractivity contribution in [2.45, 2.75) is 31.5 Å². The molecule has 0 amide bonds. The fourth-order valence-corrected chi connectivity index (χ4v) is 3.03. The largest absolute Gasteiger partial charge is 0.374 e. The molecule has 7 nitrogen and oxygen atoms in total. The summed E-state index contributed by atoms with van der Waals surface area (Å²) in [6.07, 6.45) is 1.43. The summed E-state index contributed by atoms with van der Waals surface area (Å²) < 4.78 is 34.0. The zero-order valence-electron chi connectivity index (χ0n) is 11.2. The molecule has 1 aromatic rings. The highest BCUT2D eigenvalue weighted by Crippen LogP contribution is 2.09. The first kappa shape index (κ1) is 14.4. The molecule has 108 valence electrons. The summed E-state index contributed by atoms with van der Waals surface area (Å²) in [5.74, 6) is 0.693. The van der Waals surface area contributed by atoms with Gasteiger partial charge in [-0.1, -0.05) is 0 Å². The third-order valence-electron chi connectivity index (χ3n) is 3.08. The number of aromatic nitrogens is 2. The maximum atomic E-state index is 12.1. The molecule has 1 aliphatic heterocycles. The van der Waals surface area contributed by atoms with E-state index in [2.05, 4.69) is 15.0 Å². The maximum absolute atomic E-state index is 12.1. The molecule has 0 spiro atoms. The predicted molar refractivity (Wildman–Crippen MR) is 70.4 cm³/mol. The monoisotopic (exact) mass is 288 g/mol. The maximum Gasteiger partial charge on any atom is 0.259 e. The molecule has 1 unspecified atom stereocenters. The number of hydrogen-bond acceptors (Lipinski definition) is 5. The van der Waals surface area contributed by atoms with Crippen molar-refractivity contribution in [2.24, 2.45) is 0 Å². The smallest absolute Gasteiger partial charge is 0.259 e. The fraction of sp³-hybridized carbons (Fsp3) is 0.727. The van der Waals surface area contributed by atoms with Crippen LogP contribution in [0.25, 0.3) is 0 Å². The van der Waals surface area contributed by atoms with E-state index in [0.717, 1.165) is 6.54 Å². The third-order valence-corrected chi connectivity index (χ3v) is 4.37. The van der Waals surface area contributed by atoms with E-state index in [1.54, 1.807) is 17.7 Å². The van der Waals surface area contributed by atoms with Crippen LogP contribution >= 0.6 is 0 Å². The Kier molecular flexibility index (Phi) is 4.56. The molecule has 0 bridgehead atoms. The van der Waals surface area contributed by atoms with Crippen LogP contribution in [0.3, 0.4) is 0 Å². The van der Waals surface area contributed by atoms with Crippen LogP contribution in [0.15, 0.2) is 11.2 Å². The van der Waals surface area contributed by atoms with Crippen molar-refractivity contribution < 1.29 is 13.2 Å². The summed E-state index contributed by atoms with van der Waals surface area (Å²) in [6, 6.07) is 0. The molecule has 0 radical (unpaired) electrons. The van der Waals surface area contributed by atoms with Crippen LogP contribution in [0, 0.1) is 6.92 Å². The van der Waals surface area contributed by atoms with E-state index in [-0.39, 0.29) is 17.7 Å². The average Bonchev–Trinajstić information content (AvgIpc) is 2.80. The van der Waals surface area contributed by atoms with E-state index in [0.29, 0.717) is 25.5 Å². The number of nitrogens with one attached hydrogen (secondary N) is 2. The standard InChI is InChI=1S/C11H20N4O3S/c1-3-15-8-11(14-9(15)2)19(16,17)13-7-10-6-12-4-5-18-10/h8,10,12-13H,3-7H2,1-2H3. The Morgan fingerprint density at radius 3 is 3.00 bits per heavy atom. The van der Waals surface area contributed by atoms with Gasteiger partial charge in [0.2, 0.25) is 0 Å². The van der Waals surface area contributed by atoms with Crippen LogP contribution in [0.2, 0.25) is 0 Å². The van der Waals surface area contributed by atoms with E-state index in [9.17, 15) is 8.42 Å². The third kappa shape index (κ3) is 3.53. The summed E-state index contributed by atoms with van der Waals surface area (Å²) in [4.78, 5) is 4.07. The van der Waals surface area contributed by atoms with Gasteiger partial charge in [0.15, 0.2) is 5.03 Å². The van der Waals surface area contributed by atoms with Crippen LogP contribution in [-0.4, -0.2) is 50.3 Å². The van der Waals surface area contributed by atoms with Gasteiger partial charge in [0.05, 0.1) is 12.7 Å². The number of imidazole rings is 1. The van der Waals surface area contributed by atoms with Crippen molar-refractivity contribution in [3.8, 4) is 0 Å². The van der Waals surface area contributed by atoms with Crippen molar-refractivity contribution >= 4 is 10.0 Å². The molecule has 2 N–H and O–H groups in total. The summed E-state index contributed by atoms with van der Waals surface area (Å²) in [7, 11) is -3.56. The molecular formula is C11H20N4O3S. The first-order valence-corrected chi connectivity index (χ1v) is 7.87. The SMILES string of the molecule is CCn1cc(S(=O)(=O)NCC2CNCCO2)nc1C. The first-order chi connectivity index (χ1) is 9.03. The number of sulfonamides is 1. The molecule has 0 aliphatic carbocycles. The van der Waals surface area contributed by atoms with Crippen molar-refractivity contribution in [1.29, 1.82) is 0 Å². The lowest BCUT2D eigenvalue weighted by atomic mass is 10.3. The minimum Gasteiger partial charge on any atom is -0.374 e. The number of aryl methyl sites for hydroxylation is 2. The van der Waals surface area contributed by atoms with Crippen molar-refractivity contribution in [2.75, 3.05) is 26.2 Å². The molecule has 19 heavy (non-hydrogen) atoms. The molecule has 0 saturated carbocycles. The molecule has 0 aromatic carbocycles. The zero-order valence-corrected chi connectivity index (χ0v) is 12.0. The normalized spacial score (nSPS) is 20.6. The number of hydrogen-bond donors (Lipinski definition) is 2. The van der Waals surface area contributed by atoms with Crippen LogP contribution < -0.4 is 10.0 Å². The summed E-state index contributed by atoms with van der Waals surface area (Å²) in [5, 5.41) is 3.22. The van der Waals surface area contributed by atoms with Gasteiger partial charge in [-0.15, -0.1) is 0 Å². The Balaban J connectivity index is 2.00. The van der Waals surface area contributed by atoms with Gasteiger partial charge in [0.1, 0.15) is 5.82 Å². The zero-order chi connectivity index (χ0) is 13.9. The van der Waals surface area contributed by atoms with Gasteiger partial charge in [-0.25, -0.2) is 18.1 Å². The number of rotatable bonds is 5. The second-order valence-electron chi connectivity index (χ2n) is 4.46. The van der Waals surface area contributed by atoms with Crippen LogP contribution in [0.4, 0.5) is 0 Å². The van der Waals surface area contributed by atoms with E-state index in [1.807, 2.05) is 6.92 Å². The molecule has 1 atom stereocenters. The van der Waals surface area contributed by atoms with Gasteiger partial charge in [-0.3, -0.25) is 0 Å². The lowest BCUT2D eigenvalue weighted by Gasteiger charge is -2.23. The second-order valence-corrected chi connectivity index (χ2v) is 6.18. The summed E-state index contributed by atoms with van der Waals surface area (Å²) >= 11 is 0. The quantitative estimate of drug-likeness (QED) is 0.761. The molecule has 1 aliphatic rings. The lowest BCUT2D eigenvalue weighted by molar-refractivity contribution is 0.0324. The Labute approximate surface area is 113 Å². The van der Waals surface area contributed by atoms with E-state index >= 15 is 0 Å². The van der Waals surface area contributed by atoms with Crippen LogP contribution in [-0.2, 0) is 21.3 Å². The molecule has 2 rings (SSSR count). The van der Waals surface area contributed by atoms with Crippen molar-refractivity contribution in [3.63, 3.8) is 0 Å². The minimum absolute atomic E-state index is 0.0654. The van der Waals surface area contributed by atoms with E-state index < -0.39 is 10.0 Å². The summed E-state index contributed by atoms with van der Waals surface area (Å²) in [5.41, 5.74) is 0. The first-order valence-electron chi connectivity index (χ1n) is 6.38. The Morgan fingerprint density at radius 2 is 2.42 bits per heavy atom. The number of nitrogens with zero attached hydrogens (tertiary/aromatic N) is 2. The Morgan fingerprint density at radius 1 is 1.63 bits per heavy atom. The molecular weight excluding hydrogens is 268 g/mol. The van der Waals surface area contributed by atoms with Crippen molar-refractivity contribution in [3.05, 3.63) is 12.0 Å². The highest BCUT2D eigenvalue weighted by atomic mass is 32.2. The van der Waals surface area contributed by atoms with Gasteiger partial charge in [-0.05, 0) is 13.8 Å². The fourth-order valence-electron chi connectivity index (χ4n) is 1.96. The van der Waals surface area contributed by atoms with Gasteiger partial charge in [0.25, 0.3) is 10.0 Å². The molecule has 1 saturated heterocycles. The number of morpholine rings is 1. The summed E-state index contributed by atoms with van der Waals surface area (Å²) in [6.45, 7) is 6.76. The molecule has 1 fully saturated rings. The molecule has 8 heteroatoms. The Hall–Kier alpha value is -0.960. The van der Waals surface area contributed by atoms with Crippen molar-refractivity contribution in [1.82, 2.24) is 19.6 Å². The van der Waals surface area contributed by atoms with Gasteiger partial charge in [0, 0.05) is 32.4 Å². The minimum atomic E-state index is -3.56. The highest BCUT2D eigenvalue weighted by Gasteiger charge is 2.21. The van der Waals surface area contributed by atoms with E-state index in [1.165, 1.54) is 0 Å². The van der Waals surface area contributed by atoms with Gasteiger partial charge >= 0.3 is 0 Å². The molecule has 1 aromatic heterocycles. The van der Waals surface area contributed by atoms with Crippen LogP contribution in [0.1, 0.15) is 12.7 Å². The highest BCUT2D eigenvalue weighted by molar-refractivity contribution is 7.89. The Bertz CT molecular complexity index is 520. The van der Waals surface area contributed by atoms with Crippen LogP contribution in [0.5, 0.6) is 0 Å². The number of ether oxygens (including phenoxy) is 1. The van der Waals surface area contributed by atoms with Gasteiger partial charge < -0.3 is 14.6 Å². The van der Waals surface area contributed by atoms with E-state index in [4.69, 9.17) is 4.74 Å². The average molecular weight is 288 g/mol. The topological polar surface area (TPSA) is 85.2 Å². The van der Waals surface area contributed by atoms with Gasteiger partial charge in [-0.2, -0.15) is 0 Å². The lowest BCUT2D eigenvalue weighted by Crippen LogP contribution is -2.45. The predicted octanol–water partition coefficient (Wildman–Crippen LogP) is -0.522. The second kappa shape index (κ2) is 6.00.